The van der Waals surface area contributed by atoms with E-state index in [1.165, 1.54) is 11.1 Å². The first-order valence-corrected chi connectivity index (χ1v) is 8.78. The van der Waals surface area contributed by atoms with Gasteiger partial charge in [-0.25, -0.2) is 0 Å². The van der Waals surface area contributed by atoms with Crippen molar-refractivity contribution in [3.8, 4) is 11.5 Å². The molecule has 0 saturated heterocycles. The van der Waals surface area contributed by atoms with Crippen molar-refractivity contribution in [3.63, 3.8) is 0 Å². The average Bonchev–Trinajstić information content (AvgIpc) is 2.62. The maximum Gasteiger partial charge on any atom is 0.120 e. The van der Waals surface area contributed by atoms with E-state index in [1.807, 2.05) is 12.1 Å². The number of methoxy groups -OCH3 is 1. The van der Waals surface area contributed by atoms with Gasteiger partial charge >= 0.3 is 0 Å². The third-order valence-corrected chi connectivity index (χ3v) is 5.25. The van der Waals surface area contributed by atoms with Gasteiger partial charge in [0.1, 0.15) is 17.1 Å². The van der Waals surface area contributed by atoms with Crippen LogP contribution >= 0.6 is 0 Å². The highest BCUT2D eigenvalue weighted by Gasteiger charge is 2.24. The molecule has 0 saturated carbocycles. The van der Waals surface area contributed by atoms with E-state index in [-0.39, 0.29) is 11.0 Å². The second-order valence-electron chi connectivity index (χ2n) is 7.14. The predicted octanol–water partition coefficient (Wildman–Crippen LogP) is 5.98. The standard InChI is InChI=1S/C22H30O2/c1-7-22(5,8-2)24-20-15-11-18(12-16-20)21(3,4)17-9-13-19(23-6)14-10-17/h9-16H,7-8H2,1-6H3. The second-order valence-corrected chi connectivity index (χ2v) is 7.14. The van der Waals surface area contributed by atoms with Crippen LogP contribution in [0.25, 0.3) is 0 Å². The third kappa shape index (κ3) is 3.92. The van der Waals surface area contributed by atoms with E-state index in [0.29, 0.717) is 0 Å². The van der Waals surface area contributed by atoms with E-state index in [0.717, 1.165) is 24.3 Å². The van der Waals surface area contributed by atoms with Crippen molar-refractivity contribution in [2.24, 2.45) is 0 Å². The molecule has 0 unspecified atom stereocenters. The van der Waals surface area contributed by atoms with Gasteiger partial charge in [0.25, 0.3) is 0 Å². The van der Waals surface area contributed by atoms with Crippen LogP contribution in [0.1, 0.15) is 58.6 Å². The van der Waals surface area contributed by atoms with E-state index in [9.17, 15) is 0 Å². The number of rotatable bonds is 7. The van der Waals surface area contributed by atoms with Gasteiger partial charge in [-0.1, -0.05) is 52.0 Å². The Morgan fingerprint density at radius 1 is 0.708 bits per heavy atom. The van der Waals surface area contributed by atoms with Gasteiger partial charge in [-0.05, 0) is 55.2 Å². The SMILES string of the molecule is CCC(C)(CC)Oc1ccc(C(C)(C)c2ccc(OC)cc2)cc1. The van der Waals surface area contributed by atoms with Crippen LogP contribution in [0.5, 0.6) is 11.5 Å². The van der Waals surface area contributed by atoms with Gasteiger partial charge in [-0.2, -0.15) is 0 Å². The molecule has 2 aromatic carbocycles. The second kappa shape index (κ2) is 7.29. The Morgan fingerprint density at radius 2 is 1.12 bits per heavy atom. The summed E-state index contributed by atoms with van der Waals surface area (Å²) in [5, 5.41) is 0. The average molecular weight is 326 g/mol. The van der Waals surface area contributed by atoms with E-state index >= 15 is 0 Å². The van der Waals surface area contributed by atoms with Crippen molar-refractivity contribution < 1.29 is 9.47 Å². The van der Waals surface area contributed by atoms with E-state index < -0.39 is 0 Å². The summed E-state index contributed by atoms with van der Waals surface area (Å²) in [5.74, 6) is 1.83. The lowest BCUT2D eigenvalue weighted by Crippen LogP contribution is -2.30. The van der Waals surface area contributed by atoms with Gasteiger partial charge in [0.2, 0.25) is 0 Å². The number of hydrogen-bond acceptors (Lipinski definition) is 2. The van der Waals surface area contributed by atoms with Gasteiger partial charge < -0.3 is 9.47 Å². The molecule has 0 fully saturated rings. The fourth-order valence-corrected chi connectivity index (χ4v) is 2.79. The summed E-state index contributed by atoms with van der Waals surface area (Å²) in [6, 6.07) is 16.8. The highest BCUT2D eigenvalue weighted by Crippen LogP contribution is 2.34. The molecule has 0 radical (unpaired) electrons. The van der Waals surface area contributed by atoms with E-state index in [4.69, 9.17) is 9.47 Å². The predicted molar refractivity (Wildman–Crippen MR) is 101 cm³/mol. The highest BCUT2D eigenvalue weighted by atomic mass is 16.5. The molecule has 0 aliphatic rings. The van der Waals surface area contributed by atoms with Crippen molar-refractivity contribution >= 4 is 0 Å². The lowest BCUT2D eigenvalue weighted by atomic mass is 9.78. The summed E-state index contributed by atoms with van der Waals surface area (Å²) >= 11 is 0. The van der Waals surface area contributed by atoms with Crippen LogP contribution in [-0.4, -0.2) is 12.7 Å². The zero-order valence-corrected chi connectivity index (χ0v) is 15.8. The Kier molecular flexibility index (Phi) is 5.58. The zero-order chi connectivity index (χ0) is 17.8. The lowest BCUT2D eigenvalue weighted by Gasteiger charge is -2.30. The fourth-order valence-electron chi connectivity index (χ4n) is 2.79. The topological polar surface area (TPSA) is 18.5 Å². The van der Waals surface area contributed by atoms with Gasteiger partial charge in [-0.3, -0.25) is 0 Å². The maximum absolute atomic E-state index is 6.19. The summed E-state index contributed by atoms with van der Waals surface area (Å²) < 4.78 is 11.4. The summed E-state index contributed by atoms with van der Waals surface area (Å²) in [4.78, 5) is 0. The van der Waals surface area contributed by atoms with Crippen molar-refractivity contribution in [3.05, 3.63) is 59.7 Å². The quantitative estimate of drug-likeness (QED) is 0.623. The molecule has 0 heterocycles. The zero-order valence-electron chi connectivity index (χ0n) is 15.8. The summed E-state index contributed by atoms with van der Waals surface area (Å²) in [6.45, 7) is 11.0. The molecule has 2 nitrogen and oxygen atoms in total. The Morgan fingerprint density at radius 3 is 1.50 bits per heavy atom. The monoisotopic (exact) mass is 326 g/mol. The van der Waals surface area contributed by atoms with Crippen LogP contribution in [0.2, 0.25) is 0 Å². The van der Waals surface area contributed by atoms with Gasteiger partial charge in [0.15, 0.2) is 0 Å². The van der Waals surface area contributed by atoms with E-state index in [1.54, 1.807) is 7.11 Å². The largest absolute Gasteiger partial charge is 0.497 e. The lowest BCUT2D eigenvalue weighted by molar-refractivity contribution is 0.0802. The van der Waals surface area contributed by atoms with Crippen LogP contribution in [0.3, 0.4) is 0 Å². The number of hydrogen-bond donors (Lipinski definition) is 0. The fraction of sp³-hybridized carbons (Fsp3) is 0.455. The maximum atomic E-state index is 6.19. The molecule has 2 heteroatoms. The Bertz CT molecular complexity index is 635. The highest BCUT2D eigenvalue weighted by molar-refractivity contribution is 5.41. The molecule has 0 spiro atoms. The minimum absolute atomic E-state index is 0.0659. The van der Waals surface area contributed by atoms with Gasteiger partial charge in [0, 0.05) is 5.41 Å². The summed E-state index contributed by atoms with van der Waals surface area (Å²) in [6.07, 6.45) is 2.01. The molecule has 2 aromatic rings. The smallest absolute Gasteiger partial charge is 0.120 e. The molecule has 0 atom stereocenters. The minimum Gasteiger partial charge on any atom is -0.497 e. The van der Waals surface area contributed by atoms with Crippen LogP contribution in [0.15, 0.2) is 48.5 Å². The molecular formula is C22H30O2. The van der Waals surface area contributed by atoms with Gasteiger partial charge in [-0.15, -0.1) is 0 Å². The van der Waals surface area contributed by atoms with Crippen LogP contribution in [0, 0.1) is 0 Å². The molecule has 130 valence electrons. The summed E-state index contributed by atoms with van der Waals surface area (Å²) in [7, 11) is 1.69. The van der Waals surface area contributed by atoms with Crippen molar-refractivity contribution in [1.82, 2.24) is 0 Å². The van der Waals surface area contributed by atoms with Crippen LogP contribution in [-0.2, 0) is 5.41 Å². The molecule has 0 aromatic heterocycles. The third-order valence-electron chi connectivity index (χ3n) is 5.25. The molecule has 0 N–H and O–H groups in total. The normalized spacial score (nSPS) is 12.1. The van der Waals surface area contributed by atoms with Crippen LogP contribution in [0.4, 0.5) is 0 Å². The number of benzene rings is 2. The van der Waals surface area contributed by atoms with Crippen molar-refractivity contribution in [2.45, 2.75) is 58.5 Å². The van der Waals surface area contributed by atoms with Crippen molar-refractivity contribution in [1.29, 1.82) is 0 Å². The molecule has 0 aliphatic heterocycles. The molecule has 2 rings (SSSR count). The summed E-state index contributed by atoms with van der Waals surface area (Å²) in [5.41, 5.74) is 2.38. The Balaban J connectivity index is 2.22. The van der Waals surface area contributed by atoms with Crippen LogP contribution < -0.4 is 9.47 Å². The Hall–Kier alpha value is -1.96. The van der Waals surface area contributed by atoms with Crippen molar-refractivity contribution in [2.75, 3.05) is 7.11 Å². The Labute approximate surface area is 146 Å². The molecule has 0 aliphatic carbocycles. The first-order chi connectivity index (χ1) is 11.3. The first-order valence-electron chi connectivity index (χ1n) is 8.78. The van der Waals surface area contributed by atoms with E-state index in [2.05, 4.69) is 71.0 Å². The molecule has 24 heavy (non-hydrogen) atoms. The first kappa shape index (κ1) is 18.4. The minimum atomic E-state index is -0.0903. The molecule has 0 bridgehead atoms. The van der Waals surface area contributed by atoms with Gasteiger partial charge in [0.05, 0.1) is 7.11 Å². The molecule has 0 amide bonds. The molecular weight excluding hydrogens is 296 g/mol. The number of ether oxygens (including phenoxy) is 2.